The first-order valence-corrected chi connectivity index (χ1v) is 14.8. The van der Waals surface area contributed by atoms with E-state index in [-0.39, 0.29) is 42.1 Å². The molecule has 240 valence electrons. The largest absolute Gasteiger partial charge is 0.483 e. The standard InChI is InChI=1S/C26H29F5N6O3S.CH2O2/c1-15-18(14-32)20(26(29,30)31)35-21(37-11-6-9-25(27,28)10-12-37)19(15)22(38)34-16-7-5-8-17(13-16)41(4,40)36-23(39)24(2,3)33;2-1-3/h5,7-8,13H,6,9-12,33H2,1-4H3,(H,34,38);1H,(H,2,3). The summed E-state index contributed by atoms with van der Waals surface area (Å²) in [5.74, 6) is -5.31. The van der Waals surface area contributed by atoms with Crippen LogP contribution in [0.2, 0.25) is 0 Å². The maximum absolute atomic E-state index is 14.0. The Morgan fingerprint density at radius 2 is 1.86 bits per heavy atom. The van der Waals surface area contributed by atoms with E-state index >= 15 is 0 Å². The van der Waals surface area contributed by atoms with Gasteiger partial charge in [0.2, 0.25) is 5.92 Å². The molecule has 4 N–H and O–H groups in total. The number of nitrogens with zero attached hydrogens (tertiary/aromatic N) is 4. The number of hydrogen-bond acceptors (Lipinski definition) is 8. The number of nitrogens with two attached hydrogens (primary N) is 1. The molecular formula is C27H31F5N6O5S. The molecule has 2 aromatic rings. The molecule has 1 unspecified atom stereocenters. The second kappa shape index (κ2) is 13.6. The Kier molecular flexibility index (Phi) is 11.2. The van der Waals surface area contributed by atoms with Gasteiger partial charge in [0.1, 0.15) is 11.9 Å². The van der Waals surface area contributed by atoms with Crippen LogP contribution in [0.1, 0.15) is 60.3 Å². The topological polar surface area (TPSA) is 179 Å². The van der Waals surface area contributed by atoms with Crippen LogP contribution in [-0.4, -0.2) is 63.4 Å². The predicted molar refractivity (Wildman–Crippen MR) is 151 cm³/mol. The van der Waals surface area contributed by atoms with Crippen molar-refractivity contribution in [3.05, 3.63) is 46.6 Å². The van der Waals surface area contributed by atoms with E-state index < -0.39 is 74.7 Å². The number of aromatic nitrogens is 1. The maximum atomic E-state index is 14.0. The van der Waals surface area contributed by atoms with E-state index in [1.807, 2.05) is 0 Å². The summed E-state index contributed by atoms with van der Waals surface area (Å²) in [5, 5.41) is 18.9. The lowest BCUT2D eigenvalue weighted by Crippen LogP contribution is -2.40. The Hall–Kier alpha value is -4.17. The summed E-state index contributed by atoms with van der Waals surface area (Å²) in [6, 6.07) is 6.94. The molecule has 1 atom stereocenters. The number of carbonyl (C=O) groups is 3. The van der Waals surface area contributed by atoms with Crippen LogP contribution in [0.5, 0.6) is 0 Å². The predicted octanol–water partition coefficient (Wildman–Crippen LogP) is 4.58. The number of hydrogen-bond donors (Lipinski definition) is 3. The minimum atomic E-state index is -5.05. The molecule has 1 aromatic heterocycles. The molecule has 2 amide bonds. The quantitative estimate of drug-likeness (QED) is 0.310. The van der Waals surface area contributed by atoms with Gasteiger partial charge in [-0.15, -0.1) is 0 Å². The van der Waals surface area contributed by atoms with Crippen molar-refractivity contribution in [2.75, 3.05) is 29.6 Å². The second-order valence-corrected chi connectivity index (χ2v) is 12.7. The zero-order valence-electron chi connectivity index (χ0n) is 24.2. The summed E-state index contributed by atoms with van der Waals surface area (Å²) < 4.78 is 86.5. The van der Waals surface area contributed by atoms with Crippen LogP contribution in [0, 0.1) is 18.3 Å². The van der Waals surface area contributed by atoms with Gasteiger partial charge in [-0.1, -0.05) is 6.07 Å². The zero-order chi connectivity index (χ0) is 33.7. The average Bonchev–Trinajstić information content (AvgIpc) is 3.07. The molecule has 1 aliphatic heterocycles. The van der Waals surface area contributed by atoms with Gasteiger partial charge >= 0.3 is 6.18 Å². The maximum Gasteiger partial charge on any atom is 0.434 e. The van der Waals surface area contributed by atoms with Crippen LogP contribution in [0.15, 0.2) is 33.5 Å². The van der Waals surface area contributed by atoms with Crippen LogP contribution < -0.4 is 16.0 Å². The fourth-order valence-corrected chi connectivity index (χ4v) is 5.47. The lowest BCUT2D eigenvalue weighted by molar-refractivity contribution is -0.141. The SMILES string of the molecule is Cc1c(C#N)c(C(F)(F)F)nc(N2CCCC(F)(F)CC2)c1C(=O)Nc1cccc(S(C)(=O)=NC(=O)C(C)(C)N)c1.O=CO. The van der Waals surface area contributed by atoms with Crippen molar-refractivity contribution in [1.82, 2.24) is 4.98 Å². The molecule has 1 aliphatic rings. The summed E-state index contributed by atoms with van der Waals surface area (Å²) in [6.45, 7) is 3.22. The molecule has 2 heterocycles. The normalized spacial score (nSPS) is 16.2. The van der Waals surface area contributed by atoms with Gasteiger partial charge in [0.05, 0.1) is 26.4 Å². The average molecular weight is 647 g/mol. The van der Waals surface area contributed by atoms with E-state index in [0.29, 0.717) is 0 Å². The molecule has 0 spiro atoms. The lowest BCUT2D eigenvalue weighted by atomic mass is 10.00. The fourth-order valence-electron chi connectivity index (χ4n) is 4.14. The third-order valence-corrected chi connectivity index (χ3v) is 8.03. The van der Waals surface area contributed by atoms with Crippen molar-refractivity contribution in [2.45, 2.75) is 62.6 Å². The van der Waals surface area contributed by atoms with Gasteiger partial charge in [-0.2, -0.15) is 22.8 Å². The van der Waals surface area contributed by atoms with E-state index in [0.717, 1.165) is 6.92 Å². The molecule has 1 aromatic carbocycles. The van der Waals surface area contributed by atoms with Crippen molar-refractivity contribution < 1.29 is 45.7 Å². The van der Waals surface area contributed by atoms with Crippen LogP contribution >= 0.6 is 0 Å². The Morgan fingerprint density at radius 3 is 2.41 bits per heavy atom. The molecule has 0 radical (unpaired) electrons. The minimum Gasteiger partial charge on any atom is -0.483 e. The molecular weight excluding hydrogens is 615 g/mol. The van der Waals surface area contributed by atoms with Gasteiger partial charge < -0.3 is 21.1 Å². The zero-order valence-corrected chi connectivity index (χ0v) is 25.0. The van der Waals surface area contributed by atoms with E-state index in [2.05, 4.69) is 14.7 Å². The molecule has 17 heteroatoms. The molecule has 0 bridgehead atoms. The first-order valence-electron chi connectivity index (χ1n) is 12.9. The molecule has 3 rings (SSSR count). The number of halogens is 5. The number of anilines is 2. The van der Waals surface area contributed by atoms with Crippen LogP contribution in [0.4, 0.5) is 33.5 Å². The Balaban J connectivity index is 0.00000216. The number of benzene rings is 1. The highest BCUT2D eigenvalue weighted by molar-refractivity contribution is 7.93. The summed E-state index contributed by atoms with van der Waals surface area (Å²) in [4.78, 5) is 39.0. The fraction of sp³-hybridized carbons (Fsp3) is 0.444. The number of nitriles is 1. The number of alkyl halides is 5. The first kappa shape index (κ1) is 36.0. The number of rotatable bonds is 5. The molecule has 0 saturated carbocycles. The summed E-state index contributed by atoms with van der Waals surface area (Å²) >= 11 is 0. The highest BCUT2D eigenvalue weighted by Gasteiger charge is 2.40. The minimum absolute atomic E-state index is 0.0443. The van der Waals surface area contributed by atoms with Crippen molar-refractivity contribution in [3.63, 3.8) is 0 Å². The molecule has 1 saturated heterocycles. The summed E-state index contributed by atoms with van der Waals surface area (Å²) in [5.41, 5.74) is 1.26. The third kappa shape index (κ3) is 8.92. The lowest BCUT2D eigenvalue weighted by Gasteiger charge is -2.27. The van der Waals surface area contributed by atoms with Gasteiger partial charge in [-0.3, -0.25) is 14.4 Å². The number of amides is 2. The van der Waals surface area contributed by atoms with Gasteiger partial charge in [0.15, 0.2) is 5.69 Å². The summed E-state index contributed by atoms with van der Waals surface area (Å²) in [7, 11) is -3.31. The van der Waals surface area contributed by atoms with E-state index in [4.69, 9.17) is 15.6 Å². The van der Waals surface area contributed by atoms with Gasteiger partial charge in [0, 0.05) is 42.8 Å². The molecule has 1 fully saturated rings. The van der Waals surface area contributed by atoms with Gasteiger partial charge in [-0.25, -0.2) is 18.0 Å². The molecule has 0 aliphatic carbocycles. The Morgan fingerprint density at radius 1 is 1.25 bits per heavy atom. The van der Waals surface area contributed by atoms with Crippen molar-refractivity contribution in [3.8, 4) is 6.07 Å². The van der Waals surface area contributed by atoms with E-state index in [1.54, 1.807) is 0 Å². The molecule has 44 heavy (non-hydrogen) atoms. The first-order chi connectivity index (χ1) is 20.2. The van der Waals surface area contributed by atoms with Crippen molar-refractivity contribution in [1.29, 1.82) is 5.26 Å². The number of carbonyl (C=O) groups excluding carboxylic acids is 2. The molecule has 11 nitrogen and oxygen atoms in total. The Labute approximate surface area is 250 Å². The Bertz CT molecular complexity index is 1590. The number of carboxylic acid groups (broad SMARTS) is 1. The van der Waals surface area contributed by atoms with Crippen LogP contribution in [-0.2, 0) is 25.5 Å². The van der Waals surface area contributed by atoms with Crippen molar-refractivity contribution >= 4 is 39.5 Å². The van der Waals surface area contributed by atoms with Crippen molar-refractivity contribution in [2.24, 2.45) is 10.1 Å². The smallest absolute Gasteiger partial charge is 0.434 e. The summed E-state index contributed by atoms with van der Waals surface area (Å²) in [6.07, 6.45) is -5.06. The second-order valence-electron chi connectivity index (χ2n) is 10.5. The number of nitrogens with one attached hydrogen (secondary N) is 1. The van der Waals surface area contributed by atoms with Crippen LogP contribution in [0.25, 0.3) is 0 Å². The highest BCUT2D eigenvalue weighted by atomic mass is 32.2. The van der Waals surface area contributed by atoms with Crippen LogP contribution in [0.3, 0.4) is 0 Å². The van der Waals surface area contributed by atoms with E-state index in [9.17, 15) is 41.0 Å². The third-order valence-electron chi connectivity index (χ3n) is 6.39. The number of pyridine rings is 1. The van der Waals surface area contributed by atoms with E-state index in [1.165, 1.54) is 55.3 Å². The van der Waals surface area contributed by atoms with Gasteiger partial charge in [-0.05, 0) is 51.0 Å². The van der Waals surface area contributed by atoms with Gasteiger partial charge in [0.25, 0.3) is 18.3 Å². The monoisotopic (exact) mass is 646 g/mol. The highest BCUT2D eigenvalue weighted by Crippen LogP contribution is 2.38.